The molecule has 2 heterocycles. The number of nitrogens with zero attached hydrogens (tertiary/aromatic N) is 2. The van der Waals surface area contributed by atoms with Crippen molar-refractivity contribution in [3.05, 3.63) is 35.6 Å². The van der Waals surface area contributed by atoms with Gasteiger partial charge < -0.3 is 14.9 Å². The zero-order valence-corrected chi connectivity index (χ0v) is 17.9. The highest BCUT2D eigenvalue weighted by atomic mass is 32.2. The predicted octanol–water partition coefficient (Wildman–Crippen LogP) is 1.42. The van der Waals surface area contributed by atoms with Crippen molar-refractivity contribution in [2.24, 2.45) is 5.92 Å². The molecule has 3 atom stereocenters. The van der Waals surface area contributed by atoms with Crippen LogP contribution in [0.1, 0.15) is 25.3 Å². The van der Waals surface area contributed by atoms with Crippen LogP contribution in [-0.4, -0.2) is 79.4 Å². The third-order valence-electron chi connectivity index (χ3n) is 5.45. The molecule has 2 saturated heterocycles. The maximum absolute atomic E-state index is 12.9. The first kappa shape index (κ1) is 23.3. The molecule has 3 rings (SSSR count). The van der Waals surface area contributed by atoms with Crippen LogP contribution in [0.2, 0.25) is 0 Å². The van der Waals surface area contributed by atoms with Gasteiger partial charge in [-0.25, -0.2) is 12.8 Å². The Kier molecular flexibility index (Phi) is 7.76. The molecule has 2 fully saturated rings. The molecule has 0 aromatic heterocycles. The molecule has 0 radical (unpaired) electrons. The Labute approximate surface area is 171 Å². The number of aryl methyl sites for hydroxylation is 1. The second-order valence-corrected chi connectivity index (χ2v) is 10.1. The Bertz CT molecular complexity index is 822. The van der Waals surface area contributed by atoms with E-state index in [1.807, 2.05) is 19.0 Å². The number of benzene rings is 1. The Hall–Kier alpha value is -2.00. The monoisotopic (exact) mass is 428 g/mol. The van der Waals surface area contributed by atoms with Crippen LogP contribution in [0.25, 0.3) is 0 Å². The Balaban J connectivity index is 0.000000687. The minimum Gasteiger partial charge on any atom is -0.481 e. The van der Waals surface area contributed by atoms with Gasteiger partial charge in [-0.3, -0.25) is 9.59 Å². The Morgan fingerprint density at radius 2 is 1.79 bits per heavy atom. The van der Waals surface area contributed by atoms with E-state index < -0.39 is 21.1 Å². The van der Waals surface area contributed by atoms with E-state index in [4.69, 9.17) is 9.90 Å². The molecule has 0 aliphatic carbocycles. The highest BCUT2D eigenvalue weighted by molar-refractivity contribution is 7.92. The minimum absolute atomic E-state index is 0.00739. The molecular formula is C20H29FN2O5S. The van der Waals surface area contributed by atoms with E-state index in [9.17, 15) is 17.6 Å². The van der Waals surface area contributed by atoms with Crippen LogP contribution >= 0.6 is 0 Å². The number of aliphatic carboxylic acids is 1. The van der Waals surface area contributed by atoms with Crippen LogP contribution in [0.5, 0.6) is 0 Å². The van der Waals surface area contributed by atoms with Crippen molar-refractivity contribution >= 4 is 21.7 Å². The van der Waals surface area contributed by atoms with E-state index in [1.165, 1.54) is 12.1 Å². The molecule has 162 valence electrons. The summed E-state index contributed by atoms with van der Waals surface area (Å²) in [6.07, 6.45) is 1.79. The fourth-order valence-electron chi connectivity index (χ4n) is 4.02. The molecule has 0 spiro atoms. The maximum Gasteiger partial charge on any atom is 0.300 e. The fourth-order valence-corrected chi connectivity index (χ4v) is 6.50. The number of carboxylic acids is 1. The minimum atomic E-state index is -3.12. The lowest BCUT2D eigenvalue weighted by Gasteiger charge is -2.25. The van der Waals surface area contributed by atoms with Gasteiger partial charge in [-0.1, -0.05) is 12.1 Å². The molecule has 9 heteroatoms. The topological polar surface area (TPSA) is 95.0 Å². The zero-order chi connectivity index (χ0) is 21.8. The van der Waals surface area contributed by atoms with Gasteiger partial charge in [-0.2, -0.15) is 0 Å². The summed E-state index contributed by atoms with van der Waals surface area (Å²) in [6, 6.07) is 6.30. The summed E-state index contributed by atoms with van der Waals surface area (Å²) in [5.74, 6) is -0.868. The van der Waals surface area contributed by atoms with E-state index in [0.717, 1.165) is 12.5 Å². The van der Waals surface area contributed by atoms with E-state index in [-0.39, 0.29) is 29.4 Å². The predicted molar refractivity (Wildman–Crippen MR) is 108 cm³/mol. The van der Waals surface area contributed by atoms with Crippen molar-refractivity contribution in [2.75, 3.05) is 32.9 Å². The number of rotatable bonds is 5. The summed E-state index contributed by atoms with van der Waals surface area (Å²) in [5, 5.41) is 7.00. The highest BCUT2D eigenvalue weighted by Crippen LogP contribution is 2.36. The maximum atomic E-state index is 12.9. The summed E-state index contributed by atoms with van der Waals surface area (Å²) in [4.78, 5) is 25.1. The molecule has 2 aliphatic heterocycles. The first-order valence-corrected chi connectivity index (χ1v) is 11.3. The zero-order valence-electron chi connectivity index (χ0n) is 17.0. The smallest absolute Gasteiger partial charge is 0.300 e. The van der Waals surface area contributed by atoms with Gasteiger partial charge in [-0.05, 0) is 44.6 Å². The van der Waals surface area contributed by atoms with Crippen molar-refractivity contribution in [1.82, 2.24) is 9.80 Å². The fraction of sp³-hybridized carbons (Fsp3) is 0.600. The van der Waals surface area contributed by atoms with Gasteiger partial charge in [0.05, 0.1) is 11.0 Å². The van der Waals surface area contributed by atoms with Crippen molar-refractivity contribution in [2.45, 2.75) is 37.5 Å². The number of hydrogen-bond donors (Lipinski definition) is 1. The second kappa shape index (κ2) is 9.67. The quantitative estimate of drug-likeness (QED) is 0.762. The number of hydrogen-bond acceptors (Lipinski definition) is 5. The number of carbonyl (C=O) groups is 2. The average molecular weight is 429 g/mol. The largest absolute Gasteiger partial charge is 0.481 e. The lowest BCUT2D eigenvalue weighted by Crippen LogP contribution is -2.38. The summed E-state index contributed by atoms with van der Waals surface area (Å²) in [7, 11) is 0.674. The van der Waals surface area contributed by atoms with E-state index in [2.05, 4.69) is 0 Å². The van der Waals surface area contributed by atoms with Crippen LogP contribution < -0.4 is 0 Å². The number of likely N-dealkylation sites (tertiary alicyclic amines) is 1. The lowest BCUT2D eigenvalue weighted by atomic mass is 10.00. The van der Waals surface area contributed by atoms with E-state index in [1.54, 1.807) is 17.0 Å². The number of halogens is 1. The van der Waals surface area contributed by atoms with Gasteiger partial charge >= 0.3 is 0 Å². The van der Waals surface area contributed by atoms with Crippen molar-refractivity contribution in [3.8, 4) is 0 Å². The molecule has 0 unspecified atom stereocenters. The third kappa shape index (κ3) is 6.24. The normalized spacial score (nSPS) is 24.7. The number of amides is 1. The number of carboxylic acid groups (broad SMARTS) is 1. The molecule has 0 saturated carbocycles. The van der Waals surface area contributed by atoms with Crippen LogP contribution in [0.3, 0.4) is 0 Å². The van der Waals surface area contributed by atoms with E-state index >= 15 is 0 Å². The van der Waals surface area contributed by atoms with Crippen LogP contribution in [0, 0.1) is 11.7 Å². The highest BCUT2D eigenvalue weighted by Gasteiger charge is 2.53. The summed E-state index contributed by atoms with van der Waals surface area (Å²) in [6.45, 7) is 1.94. The molecule has 2 aliphatic rings. The van der Waals surface area contributed by atoms with Gasteiger partial charge in [-0.15, -0.1) is 0 Å². The SMILES string of the molecule is CC(=O)O.CN(C)[C@@H]1CS(=O)(=O)[C@H]2CN(C(=O)CCCc3ccc(F)cc3)C[C@@H]12. The standard InChI is InChI=1S/C18H25FN2O3S.C2H4O2/c1-20(2)16-12-25(23,24)17-11-21(10-15(16)17)18(22)5-3-4-13-6-8-14(19)9-7-13;1-2(3)4/h6-9,15-17H,3-5,10-12H2,1-2H3;1H3,(H,3,4)/t15-,16+,17-;/m0./s1. The Morgan fingerprint density at radius 3 is 2.34 bits per heavy atom. The van der Waals surface area contributed by atoms with Crippen LogP contribution in [-0.2, 0) is 25.8 Å². The molecule has 1 amide bonds. The average Bonchev–Trinajstić information content (AvgIpc) is 3.16. The van der Waals surface area contributed by atoms with Crippen molar-refractivity contribution in [1.29, 1.82) is 0 Å². The van der Waals surface area contributed by atoms with Crippen LogP contribution in [0.4, 0.5) is 4.39 Å². The van der Waals surface area contributed by atoms with Gasteiger partial charge in [0.25, 0.3) is 5.97 Å². The lowest BCUT2D eigenvalue weighted by molar-refractivity contribution is -0.134. The number of fused-ring (bicyclic) bond motifs is 1. The van der Waals surface area contributed by atoms with Crippen molar-refractivity contribution < 1.29 is 27.5 Å². The van der Waals surface area contributed by atoms with E-state index in [0.29, 0.717) is 32.4 Å². The van der Waals surface area contributed by atoms with Crippen LogP contribution in [0.15, 0.2) is 24.3 Å². The second-order valence-electron chi connectivity index (χ2n) is 7.86. The summed E-state index contributed by atoms with van der Waals surface area (Å²) in [5.41, 5.74) is 1.00. The third-order valence-corrected chi connectivity index (χ3v) is 7.68. The molecule has 1 aromatic rings. The molecule has 29 heavy (non-hydrogen) atoms. The summed E-state index contributed by atoms with van der Waals surface area (Å²) >= 11 is 0. The van der Waals surface area contributed by atoms with Crippen molar-refractivity contribution in [3.63, 3.8) is 0 Å². The Morgan fingerprint density at radius 1 is 1.21 bits per heavy atom. The molecule has 1 aromatic carbocycles. The molecule has 0 bridgehead atoms. The van der Waals surface area contributed by atoms with Gasteiger partial charge in [0.1, 0.15) is 5.82 Å². The van der Waals surface area contributed by atoms with Gasteiger partial charge in [0.2, 0.25) is 5.91 Å². The number of carbonyl (C=O) groups excluding carboxylic acids is 1. The van der Waals surface area contributed by atoms with Gasteiger partial charge in [0, 0.05) is 38.4 Å². The van der Waals surface area contributed by atoms with Gasteiger partial charge in [0.15, 0.2) is 9.84 Å². The number of sulfone groups is 1. The molecule has 7 nitrogen and oxygen atoms in total. The first-order chi connectivity index (χ1) is 13.5. The molecular weight excluding hydrogens is 399 g/mol. The summed E-state index contributed by atoms with van der Waals surface area (Å²) < 4.78 is 37.6. The first-order valence-electron chi connectivity index (χ1n) is 9.61. The molecule has 1 N–H and O–H groups in total.